The number of aromatic nitrogens is 2. The number of fused-ring (bicyclic) bond motifs is 1. The molecule has 0 aliphatic heterocycles. The van der Waals surface area contributed by atoms with Gasteiger partial charge in [0.25, 0.3) is 0 Å². The maximum absolute atomic E-state index is 11.9. The van der Waals surface area contributed by atoms with E-state index in [1.54, 1.807) is 0 Å². The number of imidazole rings is 1. The molecule has 3 rings (SSSR count). The van der Waals surface area contributed by atoms with Crippen LogP contribution in [0, 0.1) is 6.92 Å². The van der Waals surface area contributed by atoms with E-state index in [0.717, 1.165) is 22.3 Å². The molecule has 5 nitrogen and oxygen atoms in total. The van der Waals surface area contributed by atoms with Crippen molar-refractivity contribution in [2.24, 2.45) is 0 Å². The number of carbonyl (C=O) groups excluding carboxylic acids is 1. The van der Waals surface area contributed by atoms with E-state index in [-0.39, 0.29) is 6.03 Å². The van der Waals surface area contributed by atoms with E-state index in [4.69, 9.17) is 0 Å². The van der Waals surface area contributed by atoms with Crippen LogP contribution in [0.15, 0.2) is 48.5 Å². The number of para-hydroxylation sites is 2. The molecule has 20 heavy (non-hydrogen) atoms. The number of hydrogen-bond donors (Lipinski definition) is 3. The highest BCUT2D eigenvalue weighted by Gasteiger charge is 2.06. The number of benzene rings is 2. The van der Waals surface area contributed by atoms with Gasteiger partial charge in [-0.25, -0.2) is 9.78 Å². The van der Waals surface area contributed by atoms with Crippen molar-refractivity contribution >= 4 is 28.7 Å². The number of carbonyl (C=O) groups is 1. The van der Waals surface area contributed by atoms with Crippen LogP contribution in [0.5, 0.6) is 0 Å². The van der Waals surface area contributed by atoms with E-state index in [1.165, 1.54) is 0 Å². The van der Waals surface area contributed by atoms with Crippen LogP contribution in [0.1, 0.15) is 5.56 Å². The van der Waals surface area contributed by atoms with Crippen molar-refractivity contribution in [2.75, 3.05) is 10.6 Å². The van der Waals surface area contributed by atoms with Gasteiger partial charge in [0.1, 0.15) is 0 Å². The van der Waals surface area contributed by atoms with Crippen LogP contribution in [0.25, 0.3) is 11.0 Å². The Labute approximate surface area is 116 Å². The van der Waals surface area contributed by atoms with Gasteiger partial charge in [-0.3, -0.25) is 5.32 Å². The lowest BCUT2D eigenvalue weighted by atomic mass is 10.2. The molecule has 1 heterocycles. The third-order valence-corrected chi connectivity index (χ3v) is 2.93. The van der Waals surface area contributed by atoms with Gasteiger partial charge in [-0.1, -0.05) is 29.8 Å². The summed E-state index contributed by atoms with van der Waals surface area (Å²) in [6.07, 6.45) is 0. The van der Waals surface area contributed by atoms with Crippen molar-refractivity contribution in [1.82, 2.24) is 9.97 Å². The third kappa shape index (κ3) is 2.61. The summed E-state index contributed by atoms with van der Waals surface area (Å²) in [5.41, 5.74) is 3.59. The van der Waals surface area contributed by atoms with E-state index in [0.29, 0.717) is 5.95 Å². The maximum Gasteiger partial charge on any atom is 0.326 e. The first-order chi connectivity index (χ1) is 9.70. The Morgan fingerprint density at radius 1 is 1.05 bits per heavy atom. The lowest BCUT2D eigenvalue weighted by Gasteiger charge is -2.05. The van der Waals surface area contributed by atoms with Crippen molar-refractivity contribution in [1.29, 1.82) is 0 Å². The molecule has 0 aliphatic rings. The molecule has 0 radical (unpaired) electrons. The highest BCUT2D eigenvalue weighted by atomic mass is 16.2. The number of hydrogen-bond acceptors (Lipinski definition) is 2. The monoisotopic (exact) mass is 266 g/mol. The Morgan fingerprint density at radius 3 is 2.55 bits per heavy atom. The second-order valence-electron chi connectivity index (χ2n) is 4.55. The van der Waals surface area contributed by atoms with Crippen LogP contribution in [-0.2, 0) is 0 Å². The first-order valence-electron chi connectivity index (χ1n) is 6.30. The molecular weight excluding hydrogens is 252 g/mol. The number of aromatic amines is 1. The minimum absolute atomic E-state index is 0.326. The fourth-order valence-electron chi connectivity index (χ4n) is 1.92. The Morgan fingerprint density at radius 2 is 1.80 bits per heavy atom. The lowest BCUT2D eigenvalue weighted by Crippen LogP contribution is -2.20. The zero-order valence-electron chi connectivity index (χ0n) is 11.0. The average Bonchev–Trinajstić information content (AvgIpc) is 2.83. The molecule has 0 saturated heterocycles. The van der Waals surface area contributed by atoms with Crippen LogP contribution in [0.2, 0.25) is 0 Å². The number of amides is 2. The summed E-state index contributed by atoms with van der Waals surface area (Å²) in [5, 5.41) is 5.43. The molecule has 0 atom stereocenters. The van der Waals surface area contributed by atoms with Gasteiger partial charge in [-0.05, 0) is 31.2 Å². The molecule has 0 aliphatic carbocycles. The van der Waals surface area contributed by atoms with Crippen LogP contribution >= 0.6 is 0 Å². The maximum atomic E-state index is 11.9. The van der Waals surface area contributed by atoms with Crippen LogP contribution in [0.3, 0.4) is 0 Å². The zero-order valence-corrected chi connectivity index (χ0v) is 11.0. The van der Waals surface area contributed by atoms with Gasteiger partial charge in [0, 0.05) is 5.69 Å². The second kappa shape index (κ2) is 5.05. The van der Waals surface area contributed by atoms with Crippen LogP contribution < -0.4 is 10.6 Å². The molecule has 100 valence electrons. The van der Waals surface area contributed by atoms with E-state index in [9.17, 15) is 4.79 Å². The Hall–Kier alpha value is -2.82. The van der Waals surface area contributed by atoms with Gasteiger partial charge in [0.2, 0.25) is 5.95 Å². The van der Waals surface area contributed by atoms with Crippen molar-refractivity contribution in [3.63, 3.8) is 0 Å². The quantitative estimate of drug-likeness (QED) is 0.664. The molecule has 1 aromatic heterocycles. The van der Waals surface area contributed by atoms with Gasteiger partial charge < -0.3 is 10.3 Å². The van der Waals surface area contributed by atoms with E-state index >= 15 is 0 Å². The SMILES string of the molecule is Cc1ccc(NC(=O)Nc2nc3ccccc3[nH]2)cc1. The van der Waals surface area contributed by atoms with Crippen molar-refractivity contribution in [2.45, 2.75) is 6.92 Å². The first-order valence-corrected chi connectivity index (χ1v) is 6.30. The third-order valence-electron chi connectivity index (χ3n) is 2.93. The normalized spacial score (nSPS) is 10.4. The van der Waals surface area contributed by atoms with Gasteiger partial charge in [-0.15, -0.1) is 0 Å². The average molecular weight is 266 g/mol. The molecule has 3 N–H and O–H groups in total. The van der Waals surface area contributed by atoms with Crippen molar-refractivity contribution in [3.8, 4) is 0 Å². The first kappa shape index (κ1) is 12.2. The highest BCUT2D eigenvalue weighted by Crippen LogP contribution is 2.14. The number of anilines is 2. The van der Waals surface area contributed by atoms with Crippen molar-refractivity contribution in [3.05, 3.63) is 54.1 Å². The number of urea groups is 1. The summed E-state index contributed by atoms with van der Waals surface area (Å²) in [4.78, 5) is 19.2. The molecule has 0 fully saturated rings. The molecule has 0 bridgehead atoms. The summed E-state index contributed by atoms with van der Waals surface area (Å²) >= 11 is 0. The van der Waals surface area contributed by atoms with E-state index in [2.05, 4.69) is 20.6 Å². The molecule has 0 spiro atoms. The Kier molecular flexibility index (Phi) is 3.09. The summed E-state index contributed by atoms with van der Waals surface area (Å²) in [5.74, 6) is 0.427. The van der Waals surface area contributed by atoms with Gasteiger partial charge in [0.15, 0.2) is 0 Å². The minimum Gasteiger partial charge on any atom is -0.324 e. The molecule has 2 amide bonds. The predicted octanol–water partition coefficient (Wildman–Crippen LogP) is 3.52. The fraction of sp³-hybridized carbons (Fsp3) is 0.0667. The number of nitrogens with zero attached hydrogens (tertiary/aromatic N) is 1. The second-order valence-corrected chi connectivity index (χ2v) is 4.55. The summed E-state index contributed by atoms with van der Waals surface area (Å²) in [6, 6.07) is 14.9. The molecule has 5 heteroatoms. The van der Waals surface area contributed by atoms with Crippen LogP contribution in [0.4, 0.5) is 16.4 Å². The van der Waals surface area contributed by atoms with Crippen molar-refractivity contribution < 1.29 is 4.79 Å². The molecule has 3 aromatic rings. The number of nitrogens with one attached hydrogen (secondary N) is 3. The van der Waals surface area contributed by atoms with Gasteiger partial charge >= 0.3 is 6.03 Å². The Bertz CT molecular complexity index is 713. The fourth-order valence-corrected chi connectivity index (χ4v) is 1.92. The summed E-state index contributed by atoms with van der Waals surface area (Å²) in [7, 11) is 0. The topological polar surface area (TPSA) is 69.8 Å². The Balaban J connectivity index is 1.70. The van der Waals surface area contributed by atoms with Crippen LogP contribution in [-0.4, -0.2) is 16.0 Å². The van der Waals surface area contributed by atoms with Gasteiger partial charge in [0.05, 0.1) is 11.0 Å². The molecule has 0 unspecified atom stereocenters. The number of aryl methyl sites for hydroxylation is 1. The molecule has 0 saturated carbocycles. The molecule has 2 aromatic carbocycles. The number of rotatable bonds is 2. The highest BCUT2D eigenvalue weighted by molar-refractivity contribution is 5.99. The predicted molar refractivity (Wildman–Crippen MR) is 79.9 cm³/mol. The minimum atomic E-state index is -0.326. The summed E-state index contributed by atoms with van der Waals surface area (Å²) in [6.45, 7) is 2.00. The standard InChI is InChI=1S/C15H14N4O/c1-10-6-8-11(9-7-10)16-15(20)19-14-17-12-4-2-3-5-13(12)18-14/h2-9H,1H3,(H3,16,17,18,19,20). The van der Waals surface area contributed by atoms with E-state index in [1.807, 2.05) is 55.5 Å². The largest absolute Gasteiger partial charge is 0.326 e. The van der Waals surface area contributed by atoms with Gasteiger partial charge in [-0.2, -0.15) is 0 Å². The molecular formula is C15H14N4O. The summed E-state index contributed by atoms with van der Waals surface area (Å²) < 4.78 is 0. The zero-order chi connectivity index (χ0) is 13.9. The number of H-pyrrole nitrogens is 1. The van der Waals surface area contributed by atoms with E-state index < -0.39 is 0 Å². The smallest absolute Gasteiger partial charge is 0.324 e. The lowest BCUT2D eigenvalue weighted by molar-refractivity contribution is 0.262.